The van der Waals surface area contributed by atoms with Crippen LogP contribution in [0.4, 0.5) is 0 Å². The zero-order valence-corrected chi connectivity index (χ0v) is 11.0. The Balaban J connectivity index is 2.48. The average Bonchev–Trinajstić information content (AvgIpc) is 2.03. The van der Waals surface area contributed by atoms with Gasteiger partial charge in [0.1, 0.15) is 0 Å². The molecule has 1 N–H and O–H groups in total. The molecule has 1 nitrogen and oxygen atoms in total. The summed E-state index contributed by atoms with van der Waals surface area (Å²) in [4.78, 5) is 4.87. The van der Waals surface area contributed by atoms with E-state index in [9.17, 15) is 0 Å². The Bertz CT molecular complexity index is 228. The normalized spacial score (nSPS) is 10.6. The minimum absolute atomic E-state index is 0.367. The van der Waals surface area contributed by atoms with Crippen LogP contribution in [-0.4, -0.2) is 24.9 Å². The first kappa shape index (κ1) is 9.90. The zero-order valence-electron chi connectivity index (χ0n) is 7.75. The Morgan fingerprint density at radius 1 is 1.17 bits per heavy atom. The van der Waals surface area contributed by atoms with Gasteiger partial charge in [0.2, 0.25) is 0 Å². The molecule has 0 fully saturated rings. The predicted molar refractivity (Wildman–Crippen MR) is 55.5 cm³/mol. The van der Waals surface area contributed by atoms with Gasteiger partial charge in [-0.3, -0.25) is 0 Å². The molecular formula is C10H16OSn. The van der Waals surface area contributed by atoms with Crippen LogP contribution in [0.3, 0.4) is 0 Å². The Kier molecular flexibility index (Phi) is 3.92. The molecule has 0 bridgehead atoms. The van der Waals surface area contributed by atoms with E-state index in [0.717, 1.165) is 0 Å². The van der Waals surface area contributed by atoms with Crippen molar-refractivity contribution in [3.05, 3.63) is 29.8 Å². The molecule has 0 aliphatic carbocycles. The molecule has 1 rings (SSSR count). The van der Waals surface area contributed by atoms with Crippen molar-refractivity contribution < 1.29 is 5.11 Å². The van der Waals surface area contributed by atoms with Crippen LogP contribution in [0, 0.1) is 0 Å². The van der Waals surface area contributed by atoms with Crippen molar-refractivity contribution in [3.63, 3.8) is 0 Å². The van der Waals surface area contributed by atoms with Crippen molar-refractivity contribution in [3.8, 4) is 5.75 Å². The van der Waals surface area contributed by atoms with Gasteiger partial charge in [0.15, 0.2) is 0 Å². The van der Waals surface area contributed by atoms with Crippen molar-refractivity contribution >= 4 is 19.8 Å². The summed E-state index contributed by atoms with van der Waals surface area (Å²) in [7, 11) is 0. The molecule has 0 radical (unpaired) electrons. The fourth-order valence-corrected chi connectivity index (χ4v) is 3.72. The molecule has 0 spiro atoms. The first-order valence-corrected chi connectivity index (χ1v) is 13.4. The number of rotatable bonds is 3. The summed E-state index contributed by atoms with van der Waals surface area (Å²) in [5.74, 6) is 0.367. The number of aromatic hydroxyl groups is 1. The first-order chi connectivity index (χ1) is 5.68. The SMILES string of the molecule is [CH3][SnH]([CH3])[CH2]Cc1ccc(O)cc1. The van der Waals surface area contributed by atoms with E-state index in [1.165, 1.54) is 16.4 Å². The van der Waals surface area contributed by atoms with Gasteiger partial charge < -0.3 is 0 Å². The van der Waals surface area contributed by atoms with E-state index < -0.39 is 19.8 Å². The van der Waals surface area contributed by atoms with Crippen LogP contribution in [0.1, 0.15) is 5.56 Å². The summed E-state index contributed by atoms with van der Waals surface area (Å²) in [6.07, 6.45) is 1.20. The monoisotopic (exact) mass is 272 g/mol. The zero-order chi connectivity index (χ0) is 8.97. The Morgan fingerprint density at radius 2 is 1.75 bits per heavy atom. The molecule has 0 aliphatic rings. The molecule has 12 heavy (non-hydrogen) atoms. The van der Waals surface area contributed by atoms with Gasteiger partial charge in [0.05, 0.1) is 0 Å². The summed E-state index contributed by atoms with van der Waals surface area (Å²) in [6, 6.07) is 7.57. The number of aryl methyl sites for hydroxylation is 1. The van der Waals surface area contributed by atoms with Crippen LogP contribution >= 0.6 is 0 Å². The Hall–Kier alpha value is -0.181. The standard InChI is InChI=1S/C8H9O.2CH3.Sn.H/c1-2-7-3-5-8(9)6-4-7;;;;/h3-6,9H,1-2H2;2*1H3;;. The molecule has 0 amide bonds. The van der Waals surface area contributed by atoms with Crippen molar-refractivity contribution in [2.24, 2.45) is 0 Å². The van der Waals surface area contributed by atoms with Gasteiger partial charge >= 0.3 is 81.2 Å². The molecule has 2 heteroatoms. The molecular weight excluding hydrogens is 255 g/mol. The predicted octanol–water partition coefficient (Wildman–Crippen LogP) is 2.42. The van der Waals surface area contributed by atoms with Crippen LogP contribution in [0.2, 0.25) is 14.3 Å². The van der Waals surface area contributed by atoms with Gasteiger partial charge in [-0.2, -0.15) is 0 Å². The van der Waals surface area contributed by atoms with Crippen molar-refractivity contribution in [1.29, 1.82) is 0 Å². The summed E-state index contributed by atoms with van der Waals surface area (Å²) < 4.78 is 1.42. The molecule has 0 saturated carbocycles. The molecule has 0 heterocycles. The van der Waals surface area contributed by atoms with E-state index in [4.69, 9.17) is 5.11 Å². The second kappa shape index (κ2) is 4.75. The molecule has 0 aliphatic heterocycles. The number of hydrogen-bond acceptors (Lipinski definition) is 1. The van der Waals surface area contributed by atoms with Gasteiger partial charge in [0.25, 0.3) is 0 Å². The number of phenols is 1. The molecule has 0 atom stereocenters. The number of benzene rings is 1. The summed E-state index contributed by atoms with van der Waals surface area (Å²) >= 11 is -1.01. The Morgan fingerprint density at radius 3 is 2.25 bits per heavy atom. The first-order valence-electron chi connectivity index (χ1n) is 4.46. The molecule has 1 aromatic rings. The van der Waals surface area contributed by atoms with Gasteiger partial charge in [-0.1, -0.05) is 0 Å². The fourth-order valence-electron chi connectivity index (χ4n) is 1.12. The van der Waals surface area contributed by atoms with E-state index in [1.54, 1.807) is 12.1 Å². The maximum atomic E-state index is 9.05. The van der Waals surface area contributed by atoms with Gasteiger partial charge in [-0.05, 0) is 0 Å². The molecule has 1 aromatic carbocycles. The second-order valence-electron chi connectivity index (χ2n) is 3.60. The van der Waals surface area contributed by atoms with E-state index in [1.807, 2.05) is 12.1 Å². The van der Waals surface area contributed by atoms with Crippen LogP contribution in [0.15, 0.2) is 24.3 Å². The van der Waals surface area contributed by atoms with Crippen LogP contribution < -0.4 is 0 Å². The van der Waals surface area contributed by atoms with E-state index >= 15 is 0 Å². The Labute approximate surface area is 81.2 Å². The fraction of sp³-hybridized carbons (Fsp3) is 0.400. The topological polar surface area (TPSA) is 20.2 Å². The minimum atomic E-state index is -1.01. The van der Waals surface area contributed by atoms with E-state index in [0.29, 0.717) is 5.75 Å². The van der Waals surface area contributed by atoms with Gasteiger partial charge in [-0.15, -0.1) is 0 Å². The number of hydrogen-bond donors (Lipinski definition) is 1. The van der Waals surface area contributed by atoms with Crippen molar-refractivity contribution in [2.75, 3.05) is 0 Å². The summed E-state index contributed by atoms with van der Waals surface area (Å²) in [5, 5.41) is 9.05. The van der Waals surface area contributed by atoms with Crippen molar-refractivity contribution in [2.45, 2.75) is 20.7 Å². The van der Waals surface area contributed by atoms with Crippen molar-refractivity contribution in [1.82, 2.24) is 0 Å². The van der Waals surface area contributed by atoms with Crippen LogP contribution in [0.5, 0.6) is 5.75 Å². The van der Waals surface area contributed by atoms with E-state index in [-0.39, 0.29) is 0 Å². The third-order valence-corrected chi connectivity index (χ3v) is 6.07. The molecule has 0 aromatic heterocycles. The summed E-state index contributed by atoms with van der Waals surface area (Å²) in [6.45, 7) is 0. The van der Waals surface area contributed by atoms with Crippen LogP contribution in [0.25, 0.3) is 0 Å². The molecule has 0 unspecified atom stereocenters. The second-order valence-corrected chi connectivity index (χ2v) is 13.2. The van der Waals surface area contributed by atoms with E-state index in [2.05, 4.69) is 9.88 Å². The quantitative estimate of drug-likeness (QED) is 0.837. The summed E-state index contributed by atoms with van der Waals surface area (Å²) in [5.41, 5.74) is 1.36. The maximum absolute atomic E-state index is 9.05. The molecule has 0 saturated heterocycles. The molecule has 66 valence electrons. The van der Waals surface area contributed by atoms with Crippen LogP contribution in [-0.2, 0) is 6.42 Å². The van der Waals surface area contributed by atoms with Gasteiger partial charge in [-0.25, -0.2) is 0 Å². The third kappa shape index (κ3) is 3.48. The average molecular weight is 271 g/mol. The number of phenolic OH excluding ortho intramolecular Hbond substituents is 1. The third-order valence-electron chi connectivity index (χ3n) is 1.95. The van der Waals surface area contributed by atoms with Gasteiger partial charge in [0, 0.05) is 0 Å².